The van der Waals surface area contributed by atoms with Gasteiger partial charge in [-0.15, -0.1) is 0 Å². The Labute approximate surface area is 323 Å². The Morgan fingerprint density at radius 3 is 2.39 bits per heavy atom. The van der Waals surface area contributed by atoms with Crippen LogP contribution < -0.4 is 15.8 Å². The lowest BCUT2D eigenvalue weighted by Crippen LogP contribution is -2.72. The summed E-state index contributed by atoms with van der Waals surface area (Å²) in [6.07, 6.45) is 7.12. The molecule has 0 radical (unpaired) electrons. The average molecular weight is 749 g/mol. The Hall–Kier alpha value is -4.67. The topological polar surface area (TPSA) is 97.8 Å². The Bertz CT molecular complexity index is 2180. The maximum atomic E-state index is 16.4. The third-order valence-electron chi connectivity index (χ3n) is 10.7. The van der Waals surface area contributed by atoms with Crippen molar-refractivity contribution in [2.24, 2.45) is 16.1 Å². The van der Waals surface area contributed by atoms with E-state index in [2.05, 4.69) is 74.4 Å². The molecule has 284 valence electrons. The van der Waals surface area contributed by atoms with Crippen molar-refractivity contribution in [1.82, 2.24) is 19.2 Å². The van der Waals surface area contributed by atoms with Gasteiger partial charge in [0.15, 0.2) is 23.2 Å². The van der Waals surface area contributed by atoms with Gasteiger partial charge in [-0.25, -0.2) is 9.38 Å². The molecule has 8 rings (SSSR count). The number of likely N-dealkylation sites (N-methyl/N-ethyl adjacent to an activating group) is 1. The molecule has 2 atom stereocenters. The number of hydrogen-bond acceptors (Lipinski definition) is 7. The summed E-state index contributed by atoms with van der Waals surface area (Å²) in [5.74, 6) is -0.782. The predicted molar refractivity (Wildman–Crippen MR) is 219 cm³/mol. The molecule has 3 aliphatic rings. The molecule has 3 aliphatic heterocycles. The zero-order valence-corrected chi connectivity index (χ0v) is 33.6. The van der Waals surface area contributed by atoms with E-state index in [1.54, 1.807) is 23.2 Å². The van der Waals surface area contributed by atoms with Crippen LogP contribution in [0.15, 0.2) is 95.1 Å². The minimum absolute atomic E-state index is 0.0189. The molecular formula is C44H53FN6O2S. The summed E-state index contributed by atoms with van der Waals surface area (Å²) in [7, 11) is 1.84. The Morgan fingerprint density at radius 2 is 1.67 bits per heavy atom. The highest BCUT2D eigenvalue weighted by Crippen LogP contribution is 2.43. The molecule has 8 nitrogen and oxygen atoms in total. The van der Waals surface area contributed by atoms with Crippen LogP contribution in [0.5, 0.6) is 11.5 Å². The summed E-state index contributed by atoms with van der Waals surface area (Å²) in [4.78, 5) is 26.4. The minimum atomic E-state index is -1.06. The lowest BCUT2D eigenvalue weighted by atomic mass is 9.70. The van der Waals surface area contributed by atoms with Crippen molar-refractivity contribution in [3.8, 4) is 11.5 Å². The molecule has 3 aromatic carbocycles. The van der Waals surface area contributed by atoms with Crippen LogP contribution in [0, 0.1) is 25.1 Å². The molecule has 0 aliphatic carbocycles. The van der Waals surface area contributed by atoms with Gasteiger partial charge in [-0.1, -0.05) is 88.1 Å². The number of benzene rings is 3. The number of aromatic nitrogens is 2. The highest BCUT2D eigenvalue weighted by atomic mass is 32.2. The molecule has 54 heavy (non-hydrogen) atoms. The molecule has 3 N–H and O–H groups in total. The Morgan fingerprint density at radius 1 is 0.944 bits per heavy atom. The Balaban J connectivity index is 0.00000245. The van der Waals surface area contributed by atoms with Crippen molar-refractivity contribution in [3.63, 3.8) is 0 Å². The SMILES string of the molecule is CC.Cc1ccc(Sn2ccc3c4c(c(F)cc32)Oc2ccnc(c2)C2=N[C@@](N)(N2)[C@@](C)(c2cccc(C)c2)CCCCC(C)(C)CN(C)C(=O)C4)cc1. The van der Waals surface area contributed by atoms with Crippen LogP contribution in [0.3, 0.4) is 0 Å². The maximum Gasteiger partial charge on any atom is 0.226 e. The third kappa shape index (κ3) is 7.91. The fourth-order valence-corrected chi connectivity index (χ4v) is 8.39. The first-order valence-corrected chi connectivity index (χ1v) is 19.7. The van der Waals surface area contributed by atoms with E-state index in [1.165, 1.54) is 18.0 Å². The molecule has 0 spiro atoms. The number of nitrogens with zero attached hydrogens (tertiary/aromatic N) is 4. The number of pyridine rings is 1. The number of halogens is 1. The van der Waals surface area contributed by atoms with Gasteiger partial charge < -0.3 is 15.0 Å². The molecule has 2 aromatic heterocycles. The lowest BCUT2D eigenvalue weighted by Gasteiger charge is -2.50. The van der Waals surface area contributed by atoms with Crippen molar-refractivity contribution in [1.29, 1.82) is 0 Å². The summed E-state index contributed by atoms with van der Waals surface area (Å²) in [6.45, 7) is 15.3. The standard InChI is InChI=1S/C42H47FN6O2S.C2H6/c1-27-12-14-31(15-13-27)52-49-21-17-32-33-24-37(50)48(6)26-40(3,4)18-7-8-19-41(5,29-11-9-10-28(2)22-29)42(44)46-39(47-42)35-23-30(16-20-45-35)51-38(33)34(43)25-36(32)49;1-2/h9-17,20-23,25H,7-8,18-19,24,26,44H2,1-6H3,(H,46,47);1-2H3/t41-;/m1./s1. The summed E-state index contributed by atoms with van der Waals surface area (Å²) in [5.41, 5.74) is 11.6. The van der Waals surface area contributed by atoms with Crippen LogP contribution in [0.25, 0.3) is 10.9 Å². The van der Waals surface area contributed by atoms with Gasteiger partial charge in [0.1, 0.15) is 11.4 Å². The molecule has 10 heteroatoms. The van der Waals surface area contributed by atoms with Gasteiger partial charge >= 0.3 is 0 Å². The van der Waals surface area contributed by atoms with E-state index < -0.39 is 17.0 Å². The van der Waals surface area contributed by atoms with E-state index in [9.17, 15) is 4.79 Å². The summed E-state index contributed by atoms with van der Waals surface area (Å²) in [5, 5.41) is 4.23. The lowest BCUT2D eigenvalue weighted by molar-refractivity contribution is -0.130. The van der Waals surface area contributed by atoms with Crippen LogP contribution in [-0.2, 0) is 16.6 Å². The highest BCUT2D eigenvalue weighted by Gasteiger charge is 2.52. The van der Waals surface area contributed by atoms with Gasteiger partial charge in [0, 0.05) is 54.0 Å². The fourth-order valence-electron chi connectivity index (χ4n) is 7.54. The second kappa shape index (κ2) is 15.6. The molecular weight excluding hydrogens is 696 g/mol. The average Bonchev–Trinajstić information content (AvgIpc) is 3.52. The van der Waals surface area contributed by atoms with Gasteiger partial charge in [0.25, 0.3) is 0 Å². The van der Waals surface area contributed by atoms with Crippen LogP contribution in [0.2, 0.25) is 0 Å². The number of nitrogens with two attached hydrogens (primary N) is 1. The highest BCUT2D eigenvalue weighted by molar-refractivity contribution is 7.98. The number of aliphatic imine (C=N–C) groups is 1. The van der Waals surface area contributed by atoms with E-state index >= 15 is 4.39 Å². The summed E-state index contributed by atoms with van der Waals surface area (Å²) < 4.78 is 24.7. The van der Waals surface area contributed by atoms with Crippen molar-refractivity contribution in [2.45, 2.75) is 96.7 Å². The number of ether oxygens (including phenoxy) is 1. The van der Waals surface area contributed by atoms with Crippen molar-refractivity contribution >= 4 is 34.6 Å². The second-order valence-electron chi connectivity index (χ2n) is 15.5. The normalized spacial score (nSPS) is 21.5. The predicted octanol–water partition coefficient (Wildman–Crippen LogP) is 9.69. The number of rotatable bonds is 3. The molecule has 0 fully saturated rings. The number of carbonyl (C=O) groups is 1. The minimum Gasteiger partial charge on any atom is -0.454 e. The van der Waals surface area contributed by atoms with Crippen LogP contribution in [-0.4, -0.2) is 45.0 Å². The van der Waals surface area contributed by atoms with E-state index in [-0.39, 0.29) is 23.5 Å². The number of aryl methyl sites for hydroxylation is 2. The molecule has 0 saturated heterocycles. The number of fused-ring (bicyclic) bond motifs is 10. The number of hydrogen-bond donors (Lipinski definition) is 2. The van der Waals surface area contributed by atoms with Gasteiger partial charge in [0.2, 0.25) is 5.91 Å². The van der Waals surface area contributed by atoms with E-state index in [1.807, 2.05) is 56.2 Å². The smallest absolute Gasteiger partial charge is 0.226 e. The van der Waals surface area contributed by atoms with Crippen molar-refractivity contribution in [2.75, 3.05) is 13.6 Å². The van der Waals surface area contributed by atoms with Gasteiger partial charge in [-0.05, 0) is 80.8 Å². The Kier molecular flexibility index (Phi) is 11.3. The van der Waals surface area contributed by atoms with E-state index in [0.29, 0.717) is 34.9 Å². The maximum absolute atomic E-state index is 16.4. The number of amidine groups is 1. The fraction of sp³-hybridized carbons (Fsp3) is 0.386. The third-order valence-corrected chi connectivity index (χ3v) is 11.7. The molecule has 0 unspecified atom stereocenters. The molecule has 5 aromatic rings. The van der Waals surface area contributed by atoms with Gasteiger partial charge in [-0.3, -0.25) is 19.5 Å². The first-order valence-electron chi connectivity index (χ1n) is 18.9. The van der Waals surface area contributed by atoms with Gasteiger partial charge in [-0.2, -0.15) is 0 Å². The van der Waals surface area contributed by atoms with E-state index in [0.717, 1.165) is 52.7 Å². The summed E-state index contributed by atoms with van der Waals surface area (Å²) >= 11 is 1.49. The van der Waals surface area contributed by atoms with Crippen LogP contribution in [0.1, 0.15) is 88.2 Å². The van der Waals surface area contributed by atoms with Crippen molar-refractivity contribution < 1.29 is 13.9 Å². The first-order chi connectivity index (χ1) is 25.7. The molecule has 0 saturated carbocycles. The largest absolute Gasteiger partial charge is 0.454 e. The van der Waals surface area contributed by atoms with E-state index in [4.69, 9.17) is 15.5 Å². The molecule has 4 bridgehead atoms. The van der Waals surface area contributed by atoms with Crippen LogP contribution >= 0.6 is 11.9 Å². The van der Waals surface area contributed by atoms with Crippen LogP contribution in [0.4, 0.5) is 4.39 Å². The zero-order valence-electron chi connectivity index (χ0n) is 32.8. The second-order valence-corrected chi connectivity index (χ2v) is 16.5. The quantitative estimate of drug-likeness (QED) is 0.191. The summed E-state index contributed by atoms with van der Waals surface area (Å²) in [6, 6.07) is 23.5. The number of nitrogens with one attached hydrogen (secondary N) is 1. The number of amides is 1. The number of carbonyl (C=O) groups excluding carboxylic acids is 1. The van der Waals surface area contributed by atoms with Crippen molar-refractivity contribution in [3.05, 3.63) is 119 Å². The first kappa shape index (κ1) is 39.0. The molecule has 1 amide bonds. The zero-order chi connectivity index (χ0) is 38.8. The van der Waals surface area contributed by atoms with Gasteiger partial charge in [0.05, 0.1) is 17.4 Å². The molecule has 5 heterocycles. The monoisotopic (exact) mass is 748 g/mol.